The van der Waals surface area contributed by atoms with Crippen molar-refractivity contribution >= 4 is 34.3 Å². The molecule has 10 nitrogen and oxygen atoms in total. The van der Waals surface area contributed by atoms with Crippen LogP contribution in [0.2, 0.25) is 0 Å². The van der Waals surface area contributed by atoms with Crippen LogP contribution >= 0.6 is 0 Å². The first-order valence-electron chi connectivity index (χ1n) is 12.9. The predicted octanol–water partition coefficient (Wildman–Crippen LogP) is 3.14. The van der Waals surface area contributed by atoms with Crippen LogP contribution in [0.3, 0.4) is 0 Å². The van der Waals surface area contributed by atoms with Gasteiger partial charge in [-0.2, -0.15) is 9.97 Å². The molecule has 4 heterocycles. The van der Waals surface area contributed by atoms with E-state index in [1.165, 1.54) is 5.69 Å². The summed E-state index contributed by atoms with van der Waals surface area (Å²) in [7, 11) is 0. The molecule has 37 heavy (non-hydrogen) atoms. The molecule has 192 valence electrons. The quantitative estimate of drug-likeness (QED) is 0.378. The number of anilines is 4. The summed E-state index contributed by atoms with van der Waals surface area (Å²) >= 11 is 0. The highest BCUT2D eigenvalue weighted by Gasteiger charge is 2.16. The van der Waals surface area contributed by atoms with Crippen LogP contribution < -0.4 is 15.5 Å². The molecule has 2 N–H and O–H groups in total. The first-order valence-corrected chi connectivity index (χ1v) is 12.9. The number of nitrogens with one attached hydrogen (secondary N) is 2. The maximum absolute atomic E-state index is 5.48. The van der Waals surface area contributed by atoms with Crippen molar-refractivity contribution < 1.29 is 9.47 Å². The molecule has 0 atom stereocenters. The van der Waals surface area contributed by atoms with E-state index >= 15 is 0 Å². The number of ether oxygens (including phenoxy) is 2. The number of fused-ring (bicyclic) bond motifs is 1. The molecule has 10 heteroatoms. The lowest BCUT2D eigenvalue weighted by Gasteiger charge is -2.28. The molecule has 0 spiro atoms. The van der Waals surface area contributed by atoms with Crippen LogP contribution in [-0.2, 0) is 9.47 Å². The molecule has 0 bridgehead atoms. The molecule has 0 radical (unpaired) electrons. The Hall–Kier alpha value is -3.73. The molecule has 2 aromatic heterocycles. The predicted molar refractivity (Wildman–Crippen MR) is 145 cm³/mol. The van der Waals surface area contributed by atoms with Gasteiger partial charge in [-0.25, -0.2) is 4.98 Å². The van der Waals surface area contributed by atoms with Crippen LogP contribution in [0.15, 0.2) is 60.9 Å². The third-order valence-electron chi connectivity index (χ3n) is 6.75. The number of hydrogen-bond acceptors (Lipinski definition) is 9. The second kappa shape index (κ2) is 11.1. The van der Waals surface area contributed by atoms with Gasteiger partial charge in [0.25, 0.3) is 0 Å². The number of para-hydroxylation sites is 1. The molecular formula is C27H32N8O2. The lowest BCUT2D eigenvalue weighted by atomic mass is 10.2. The summed E-state index contributed by atoms with van der Waals surface area (Å²) in [4.78, 5) is 19.1. The largest absolute Gasteiger partial charge is 0.379 e. The van der Waals surface area contributed by atoms with Gasteiger partial charge in [0.1, 0.15) is 6.33 Å². The van der Waals surface area contributed by atoms with Gasteiger partial charge < -0.3 is 25.0 Å². The summed E-state index contributed by atoms with van der Waals surface area (Å²) in [5.74, 6) is 1.25. The van der Waals surface area contributed by atoms with Crippen molar-refractivity contribution in [3.8, 4) is 5.69 Å². The number of morpholine rings is 2. The minimum absolute atomic E-state index is 0.526. The zero-order chi connectivity index (χ0) is 24.9. The van der Waals surface area contributed by atoms with Gasteiger partial charge in [-0.15, -0.1) is 0 Å². The third kappa shape index (κ3) is 5.51. The Kier molecular flexibility index (Phi) is 7.11. The van der Waals surface area contributed by atoms with Gasteiger partial charge in [-0.05, 0) is 36.4 Å². The molecule has 6 rings (SSSR count). The lowest BCUT2D eigenvalue weighted by molar-refractivity contribution is 0.0398. The maximum atomic E-state index is 5.48. The monoisotopic (exact) mass is 500 g/mol. The minimum atomic E-state index is 0.526. The van der Waals surface area contributed by atoms with Gasteiger partial charge in [0.15, 0.2) is 17.0 Å². The minimum Gasteiger partial charge on any atom is -0.379 e. The van der Waals surface area contributed by atoms with E-state index in [0.717, 1.165) is 94.1 Å². The van der Waals surface area contributed by atoms with Crippen LogP contribution in [0, 0.1) is 0 Å². The number of imidazole rings is 1. The molecule has 0 amide bonds. The fourth-order valence-corrected chi connectivity index (χ4v) is 4.72. The molecule has 0 unspecified atom stereocenters. The van der Waals surface area contributed by atoms with Gasteiger partial charge in [-0.3, -0.25) is 9.47 Å². The SMILES string of the molecule is c1ccc(-n2cnc3c(NCCN4CCOCC4)nc(Nc4ccc(N5CCOCC5)cc4)nc32)cc1. The molecular weight excluding hydrogens is 468 g/mol. The normalized spacial score (nSPS) is 16.7. The Labute approximate surface area is 216 Å². The molecule has 2 aliphatic rings. The topological polar surface area (TPSA) is 92.6 Å². The van der Waals surface area contributed by atoms with Gasteiger partial charge in [0.2, 0.25) is 5.95 Å². The van der Waals surface area contributed by atoms with Gasteiger partial charge >= 0.3 is 0 Å². The highest BCUT2D eigenvalue weighted by Crippen LogP contribution is 2.26. The molecule has 2 saturated heterocycles. The maximum Gasteiger partial charge on any atom is 0.231 e. The van der Waals surface area contributed by atoms with E-state index in [9.17, 15) is 0 Å². The number of nitrogens with zero attached hydrogens (tertiary/aromatic N) is 6. The first-order chi connectivity index (χ1) is 18.3. The standard InChI is InChI=1S/C27H32N8O2/c1-2-4-23(5-3-1)35-20-29-24-25(28-10-11-33-12-16-36-17-13-33)31-27(32-26(24)35)30-21-6-8-22(9-7-21)34-14-18-37-19-15-34/h1-9,20H,10-19H2,(H2,28,30,31,32). The number of benzene rings is 2. The Morgan fingerprint density at radius 2 is 1.51 bits per heavy atom. The lowest BCUT2D eigenvalue weighted by Crippen LogP contribution is -2.39. The van der Waals surface area contributed by atoms with Crippen molar-refractivity contribution in [3.05, 3.63) is 60.9 Å². The average Bonchev–Trinajstić information content (AvgIpc) is 3.39. The summed E-state index contributed by atoms with van der Waals surface area (Å²) in [5.41, 5.74) is 4.63. The Morgan fingerprint density at radius 3 is 2.27 bits per heavy atom. The third-order valence-corrected chi connectivity index (χ3v) is 6.75. The summed E-state index contributed by atoms with van der Waals surface area (Å²) in [5, 5.41) is 6.91. The highest BCUT2D eigenvalue weighted by molar-refractivity contribution is 5.86. The summed E-state index contributed by atoms with van der Waals surface area (Å²) < 4.78 is 12.9. The van der Waals surface area contributed by atoms with E-state index in [1.54, 1.807) is 0 Å². The van der Waals surface area contributed by atoms with Crippen LogP contribution in [0.25, 0.3) is 16.9 Å². The number of aromatic nitrogens is 4. The summed E-state index contributed by atoms with van der Waals surface area (Å²) in [6.45, 7) is 8.53. The summed E-state index contributed by atoms with van der Waals surface area (Å²) in [6.07, 6.45) is 1.81. The highest BCUT2D eigenvalue weighted by atomic mass is 16.5. The van der Waals surface area contributed by atoms with Crippen molar-refractivity contribution in [2.45, 2.75) is 0 Å². The molecule has 0 aliphatic carbocycles. The van der Waals surface area contributed by atoms with Gasteiger partial charge in [-0.1, -0.05) is 18.2 Å². The van der Waals surface area contributed by atoms with E-state index in [2.05, 4.69) is 49.7 Å². The second-order valence-corrected chi connectivity index (χ2v) is 9.17. The van der Waals surface area contributed by atoms with Crippen molar-refractivity contribution in [1.82, 2.24) is 24.4 Å². The zero-order valence-corrected chi connectivity index (χ0v) is 20.8. The molecule has 2 aliphatic heterocycles. The van der Waals surface area contributed by atoms with Crippen molar-refractivity contribution in [2.75, 3.05) is 81.2 Å². The average molecular weight is 501 g/mol. The number of rotatable bonds is 8. The van der Waals surface area contributed by atoms with Crippen molar-refractivity contribution in [1.29, 1.82) is 0 Å². The Bertz CT molecular complexity index is 1300. The Morgan fingerprint density at radius 1 is 0.784 bits per heavy atom. The first kappa shape index (κ1) is 23.7. The smallest absolute Gasteiger partial charge is 0.231 e. The fourth-order valence-electron chi connectivity index (χ4n) is 4.72. The van der Waals surface area contributed by atoms with E-state index in [0.29, 0.717) is 5.95 Å². The molecule has 2 fully saturated rings. The zero-order valence-electron chi connectivity index (χ0n) is 20.8. The van der Waals surface area contributed by atoms with E-state index in [1.807, 2.05) is 41.2 Å². The molecule has 4 aromatic rings. The van der Waals surface area contributed by atoms with Crippen molar-refractivity contribution in [2.24, 2.45) is 0 Å². The van der Waals surface area contributed by atoms with Crippen LogP contribution in [0.5, 0.6) is 0 Å². The van der Waals surface area contributed by atoms with Crippen LogP contribution in [0.1, 0.15) is 0 Å². The van der Waals surface area contributed by atoms with Gasteiger partial charge in [0.05, 0.1) is 26.4 Å². The van der Waals surface area contributed by atoms with E-state index < -0.39 is 0 Å². The van der Waals surface area contributed by atoms with Crippen molar-refractivity contribution in [3.63, 3.8) is 0 Å². The second-order valence-electron chi connectivity index (χ2n) is 9.17. The van der Waals surface area contributed by atoms with E-state index in [-0.39, 0.29) is 0 Å². The number of hydrogen-bond donors (Lipinski definition) is 2. The van der Waals surface area contributed by atoms with Crippen LogP contribution in [0.4, 0.5) is 23.1 Å². The Balaban J connectivity index is 1.26. The molecule has 0 saturated carbocycles. The molecule has 2 aromatic carbocycles. The van der Waals surface area contributed by atoms with E-state index in [4.69, 9.17) is 19.4 Å². The summed E-state index contributed by atoms with van der Waals surface area (Å²) in [6, 6.07) is 18.5. The van der Waals surface area contributed by atoms with Crippen LogP contribution in [-0.4, -0.2) is 90.1 Å². The fraction of sp³-hybridized carbons (Fsp3) is 0.370. The van der Waals surface area contributed by atoms with Gasteiger partial charge in [0, 0.05) is 56.3 Å².